The third kappa shape index (κ3) is 1.61. The first kappa shape index (κ1) is 9.85. The molecular formula is C13H15FN2. The molecule has 1 aliphatic rings. The number of halogens is 1. The maximum absolute atomic E-state index is 13.2. The van der Waals surface area contributed by atoms with Crippen LogP contribution >= 0.6 is 0 Å². The first-order valence-electron chi connectivity index (χ1n) is 5.81. The SMILES string of the molecule is Fc1ccc2ccn(C3CCNCC3)c2c1. The first-order chi connectivity index (χ1) is 7.84. The van der Waals surface area contributed by atoms with Gasteiger partial charge in [0.25, 0.3) is 0 Å². The molecule has 1 saturated heterocycles. The van der Waals surface area contributed by atoms with Crippen LogP contribution in [0.25, 0.3) is 10.9 Å². The van der Waals surface area contributed by atoms with Crippen molar-refractivity contribution in [3.63, 3.8) is 0 Å². The molecule has 0 amide bonds. The number of nitrogens with zero attached hydrogens (tertiary/aromatic N) is 1. The van der Waals surface area contributed by atoms with Crippen molar-refractivity contribution < 1.29 is 4.39 Å². The molecule has 84 valence electrons. The quantitative estimate of drug-likeness (QED) is 0.778. The van der Waals surface area contributed by atoms with Gasteiger partial charge in [0.1, 0.15) is 5.82 Å². The Morgan fingerprint density at radius 2 is 2.00 bits per heavy atom. The van der Waals surface area contributed by atoms with Crippen molar-refractivity contribution >= 4 is 10.9 Å². The number of piperidine rings is 1. The first-order valence-corrected chi connectivity index (χ1v) is 5.81. The lowest BCUT2D eigenvalue weighted by atomic mass is 10.1. The summed E-state index contributed by atoms with van der Waals surface area (Å²) in [6.07, 6.45) is 4.33. The second-order valence-electron chi connectivity index (χ2n) is 4.41. The van der Waals surface area contributed by atoms with Crippen LogP contribution in [0.2, 0.25) is 0 Å². The van der Waals surface area contributed by atoms with Gasteiger partial charge in [0.05, 0.1) is 5.52 Å². The van der Waals surface area contributed by atoms with Gasteiger partial charge < -0.3 is 9.88 Å². The molecule has 0 aliphatic carbocycles. The minimum atomic E-state index is -0.151. The van der Waals surface area contributed by atoms with E-state index in [2.05, 4.69) is 22.1 Å². The average Bonchev–Trinajstić information content (AvgIpc) is 2.73. The van der Waals surface area contributed by atoms with E-state index in [1.54, 1.807) is 6.07 Å². The molecule has 3 rings (SSSR count). The standard InChI is InChI=1S/C13H15FN2/c14-11-2-1-10-5-8-16(13(10)9-11)12-3-6-15-7-4-12/h1-2,5,8-9,12,15H,3-4,6-7H2. The monoisotopic (exact) mass is 218 g/mol. The van der Waals surface area contributed by atoms with Crippen LogP contribution in [0.5, 0.6) is 0 Å². The summed E-state index contributed by atoms with van der Waals surface area (Å²) in [7, 11) is 0. The Kier molecular flexibility index (Phi) is 2.40. The second-order valence-corrected chi connectivity index (χ2v) is 4.41. The molecule has 0 radical (unpaired) electrons. The van der Waals surface area contributed by atoms with E-state index in [0.29, 0.717) is 6.04 Å². The van der Waals surface area contributed by atoms with Gasteiger partial charge in [-0.2, -0.15) is 0 Å². The van der Waals surface area contributed by atoms with E-state index in [1.807, 2.05) is 6.07 Å². The van der Waals surface area contributed by atoms with Crippen LogP contribution in [-0.2, 0) is 0 Å². The molecule has 3 heteroatoms. The summed E-state index contributed by atoms with van der Waals surface area (Å²) < 4.78 is 15.5. The highest BCUT2D eigenvalue weighted by Crippen LogP contribution is 2.26. The van der Waals surface area contributed by atoms with E-state index in [1.165, 1.54) is 6.07 Å². The van der Waals surface area contributed by atoms with Crippen molar-refractivity contribution in [2.45, 2.75) is 18.9 Å². The summed E-state index contributed by atoms with van der Waals surface area (Å²) in [5.74, 6) is -0.151. The molecule has 2 nitrogen and oxygen atoms in total. The van der Waals surface area contributed by atoms with Crippen LogP contribution in [0.3, 0.4) is 0 Å². The van der Waals surface area contributed by atoms with Gasteiger partial charge in [-0.3, -0.25) is 0 Å². The van der Waals surface area contributed by atoms with Crippen molar-refractivity contribution in [3.05, 3.63) is 36.3 Å². The third-order valence-corrected chi connectivity index (χ3v) is 3.39. The number of aromatic nitrogens is 1. The molecule has 1 aromatic heterocycles. The van der Waals surface area contributed by atoms with Crippen LogP contribution in [0.1, 0.15) is 18.9 Å². The van der Waals surface area contributed by atoms with E-state index < -0.39 is 0 Å². The highest BCUT2D eigenvalue weighted by atomic mass is 19.1. The molecule has 2 heterocycles. The Labute approximate surface area is 94.1 Å². The summed E-state index contributed by atoms with van der Waals surface area (Å²) in [5, 5.41) is 4.47. The molecule has 0 spiro atoms. The minimum absolute atomic E-state index is 0.151. The predicted molar refractivity (Wildman–Crippen MR) is 63.0 cm³/mol. The van der Waals surface area contributed by atoms with Gasteiger partial charge in [0.2, 0.25) is 0 Å². The van der Waals surface area contributed by atoms with Gasteiger partial charge in [0.15, 0.2) is 0 Å². The van der Waals surface area contributed by atoms with Crippen molar-refractivity contribution in [3.8, 4) is 0 Å². The Morgan fingerprint density at radius 1 is 1.19 bits per heavy atom. The molecule has 1 aliphatic heterocycles. The molecule has 1 aromatic carbocycles. The van der Waals surface area contributed by atoms with E-state index >= 15 is 0 Å². The summed E-state index contributed by atoms with van der Waals surface area (Å²) in [4.78, 5) is 0. The van der Waals surface area contributed by atoms with Crippen molar-refractivity contribution in [1.82, 2.24) is 9.88 Å². The van der Waals surface area contributed by atoms with Crippen LogP contribution in [0, 0.1) is 5.82 Å². The van der Waals surface area contributed by atoms with Gasteiger partial charge in [-0.05, 0) is 55.6 Å². The number of nitrogens with one attached hydrogen (secondary N) is 1. The van der Waals surface area contributed by atoms with Crippen LogP contribution in [0.4, 0.5) is 4.39 Å². The summed E-state index contributed by atoms with van der Waals surface area (Å²) >= 11 is 0. The van der Waals surface area contributed by atoms with Crippen molar-refractivity contribution in [1.29, 1.82) is 0 Å². The van der Waals surface area contributed by atoms with E-state index in [0.717, 1.165) is 36.8 Å². The highest BCUT2D eigenvalue weighted by molar-refractivity contribution is 5.80. The number of fused-ring (bicyclic) bond motifs is 1. The molecule has 16 heavy (non-hydrogen) atoms. The normalized spacial score (nSPS) is 18.1. The third-order valence-electron chi connectivity index (χ3n) is 3.39. The number of hydrogen-bond acceptors (Lipinski definition) is 1. The van der Waals surface area contributed by atoms with E-state index in [-0.39, 0.29) is 5.82 Å². The van der Waals surface area contributed by atoms with E-state index in [4.69, 9.17) is 0 Å². The van der Waals surface area contributed by atoms with Gasteiger partial charge >= 0.3 is 0 Å². The number of benzene rings is 1. The lowest BCUT2D eigenvalue weighted by molar-refractivity contribution is 0.376. The largest absolute Gasteiger partial charge is 0.344 e. The zero-order chi connectivity index (χ0) is 11.0. The zero-order valence-electron chi connectivity index (χ0n) is 9.12. The fraction of sp³-hybridized carbons (Fsp3) is 0.385. The smallest absolute Gasteiger partial charge is 0.125 e. The Bertz CT molecular complexity index is 498. The second kappa shape index (κ2) is 3.91. The molecule has 1 N–H and O–H groups in total. The molecule has 0 unspecified atom stereocenters. The Balaban J connectivity index is 2.05. The Morgan fingerprint density at radius 3 is 2.81 bits per heavy atom. The number of hydrogen-bond donors (Lipinski definition) is 1. The maximum Gasteiger partial charge on any atom is 0.125 e. The number of rotatable bonds is 1. The van der Waals surface area contributed by atoms with E-state index in [9.17, 15) is 4.39 Å². The van der Waals surface area contributed by atoms with Crippen molar-refractivity contribution in [2.75, 3.05) is 13.1 Å². The highest BCUT2D eigenvalue weighted by Gasteiger charge is 2.16. The predicted octanol–water partition coefficient (Wildman–Crippen LogP) is 2.70. The fourth-order valence-electron chi connectivity index (χ4n) is 2.53. The fourth-order valence-corrected chi connectivity index (χ4v) is 2.53. The van der Waals surface area contributed by atoms with Gasteiger partial charge in [-0.15, -0.1) is 0 Å². The maximum atomic E-state index is 13.2. The molecule has 1 fully saturated rings. The van der Waals surface area contributed by atoms with Gasteiger partial charge in [-0.1, -0.05) is 0 Å². The van der Waals surface area contributed by atoms with Gasteiger partial charge in [0, 0.05) is 12.2 Å². The summed E-state index contributed by atoms with van der Waals surface area (Å²) in [5.41, 5.74) is 1.02. The summed E-state index contributed by atoms with van der Waals surface area (Å²) in [6.45, 7) is 2.11. The average molecular weight is 218 g/mol. The molecule has 2 aromatic rings. The molecule has 0 saturated carbocycles. The van der Waals surface area contributed by atoms with Crippen LogP contribution in [0.15, 0.2) is 30.5 Å². The lowest BCUT2D eigenvalue weighted by Gasteiger charge is -2.25. The van der Waals surface area contributed by atoms with Gasteiger partial charge in [-0.25, -0.2) is 4.39 Å². The molecular weight excluding hydrogens is 203 g/mol. The minimum Gasteiger partial charge on any atom is -0.344 e. The van der Waals surface area contributed by atoms with Crippen LogP contribution in [-0.4, -0.2) is 17.7 Å². The zero-order valence-corrected chi connectivity index (χ0v) is 9.12. The Hall–Kier alpha value is -1.35. The van der Waals surface area contributed by atoms with Crippen molar-refractivity contribution in [2.24, 2.45) is 0 Å². The topological polar surface area (TPSA) is 17.0 Å². The molecule has 0 bridgehead atoms. The summed E-state index contributed by atoms with van der Waals surface area (Å²) in [6, 6.07) is 7.59. The molecule has 0 atom stereocenters. The van der Waals surface area contributed by atoms with Crippen LogP contribution < -0.4 is 5.32 Å². The lowest BCUT2D eigenvalue weighted by Crippen LogP contribution is -2.29.